The molecule has 2 atom stereocenters. The van der Waals surface area contributed by atoms with Crippen molar-refractivity contribution in [3.8, 4) is 0 Å². The second-order valence-electron chi connectivity index (χ2n) is 5.00. The van der Waals surface area contributed by atoms with E-state index in [1.54, 1.807) is 4.90 Å². The van der Waals surface area contributed by atoms with Crippen LogP contribution >= 0.6 is 0 Å². The third-order valence-electron chi connectivity index (χ3n) is 3.80. The molecule has 1 amide bonds. The van der Waals surface area contributed by atoms with Gasteiger partial charge in [0.05, 0.1) is 12.0 Å². The minimum Gasteiger partial charge on any atom is -0.481 e. The monoisotopic (exact) mass is 256 g/mol. The van der Waals surface area contributed by atoms with Gasteiger partial charge in [-0.2, -0.15) is 0 Å². The van der Waals surface area contributed by atoms with E-state index in [2.05, 4.69) is 0 Å². The average Bonchev–Trinajstić information content (AvgIpc) is 2.86. The van der Waals surface area contributed by atoms with E-state index >= 15 is 0 Å². The molecule has 0 aromatic carbocycles. The molecule has 0 spiro atoms. The van der Waals surface area contributed by atoms with Crippen molar-refractivity contribution >= 4 is 11.9 Å². The molecule has 2 aliphatic heterocycles. The van der Waals surface area contributed by atoms with Crippen LogP contribution in [0.25, 0.3) is 0 Å². The number of carboxylic acids is 1. The van der Waals surface area contributed by atoms with Crippen LogP contribution in [0.3, 0.4) is 0 Å². The van der Waals surface area contributed by atoms with Crippen LogP contribution in [0, 0.1) is 5.92 Å². The highest BCUT2D eigenvalue weighted by molar-refractivity contribution is 5.81. The molecule has 2 unspecified atom stereocenters. The third kappa shape index (κ3) is 2.81. The highest BCUT2D eigenvalue weighted by atomic mass is 16.5. The number of amides is 1. The third-order valence-corrected chi connectivity index (χ3v) is 3.80. The molecule has 3 N–H and O–H groups in total. The van der Waals surface area contributed by atoms with Crippen molar-refractivity contribution in [2.75, 3.05) is 19.6 Å². The first-order chi connectivity index (χ1) is 8.61. The molecule has 0 aliphatic carbocycles. The van der Waals surface area contributed by atoms with Crippen molar-refractivity contribution in [2.24, 2.45) is 11.7 Å². The molecule has 18 heavy (non-hydrogen) atoms. The van der Waals surface area contributed by atoms with Crippen LogP contribution in [-0.2, 0) is 14.3 Å². The zero-order chi connectivity index (χ0) is 13.1. The summed E-state index contributed by atoms with van der Waals surface area (Å²) in [6, 6.07) is 0. The number of aliphatic carboxylic acids is 1. The molecule has 102 valence electrons. The van der Waals surface area contributed by atoms with Crippen LogP contribution in [0.15, 0.2) is 0 Å². The fourth-order valence-electron chi connectivity index (χ4n) is 2.61. The van der Waals surface area contributed by atoms with E-state index < -0.39 is 5.97 Å². The molecular formula is C12H20N2O4. The number of carbonyl (C=O) groups excluding carboxylic acids is 1. The molecule has 6 heteroatoms. The number of nitrogens with two attached hydrogens (primary N) is 1. The maximum atomic E-state index is 12.2. The largest absolute Gasteiger partial charge is 0.481 e. The summed E-state index contributed by atoms with van der Waals surface area (Å²) in [5, 5.41) is 8.90. The first kappa shape index (κ1) is 13.3. The van der Waals surface area contributed by atoms with Crippen LogP contribution in [0.4, 0.5) is 0 Å². The van der Waals surface area contributed by atoms with Gasteiger partial charge in [0.1, 0.15) is 6.10 Å². The lowest BCUT2D eigenvalue weighted by molar-refractivity contribution is -0.149. The molecular weight excluding hydrogens is 236 g/mol. The predicted octanol–water partition coefficient (Wildman–Crippen LogP) is -0.184. The van der Waals surface area contributed by atoms with Gasteiger partial charge >= 0.3 is 5.97 Å². The fraction of sp³-hybridized carbons (Fsp3) is 0.833. The van der Waals surface area contributed by atoms with Gasteiger partial charge in [0, 0.05) is 19.6 Å². The van der Waals surface area contributed by atoms with E-state index in [1.165, 1.54) is 0 Å². The summed E-state index contributed by atoms with van der Waals surface area (Å²) in [6.45, 7) is 1.48. The Balaban J connectivity index is 1.83. The Morgan fingerprint density at radius 2 is 1.89 bits per heavy atom. The molecule has 0 bridgehead atoms. The summed E-state index contributed by atoms with van der Waals surface area (Å²) in [4.78, 5) is 24.7. The molecule has 6 nitrogen and oxygen atoms in total. The van der Waals surface area contributed by atoms with Gasteiger partial charge in [-0.15, -0.1) is 0 Å². The topological polar surface area (TPSA) is 92.9 Å². The predicted molar refractivity (Wildman–Crippen MR) is 63.9 cm³/mol. The van der Waals surface area contributed by atoms with E-state index in [0.29, 0.717) is 32.5 Å². The van der Waals surface area contributed by atoms with Gasteiger partial charge in [-0.3, -0.25) is 9.59 Å². The average molecular weight is 256 g/mol. The minimum atomic E-state index is -0.762. The summed E-state index contributed by atoms with van der Waals surface area (Å²) in [6.07, 6.45) is 2.25. The highest BCUT2D eigenvalue weighted by Gasteiger charge is 2.35. The van der Waals surface area contributed by atoms with Crippen LogP contribution < -0.4 is 5.73 Å². The zero-order valence-corrected chi connectivity index (χ0v) is 10.4. The number of hydrogen-bond acceptors (Lipinski definition) is 4. The number of hydrogen-bond donors (Lipinski definition) is 2. The molecule has 2 aliphatic rings. The van der Waals surface area contributed by atoms with Crippen molar-refractivity contribution in [3.63, 3.8) is 0 Å². The number of ether oxygens (including phenoxy) is 1. The Bertz CT molecular complexity index is 326. The fourth-order valence-corrected chi connectivity index (χ4v) is 2.61. The smallest absolute Gasteiger partial charge is 0.306 e. The molecule has 2 saturated heterocycles. The minimum absolute atomic E-state index is 0.00416. The number of likely N-dealkylation sites (tertiary alicyclic amines) is 1. The van der Waals surface area contributed by atoms with Crippen LogP contribution in [0.2, 0.25) is 0 Å². The second-order valence-corrected chi connectivity index (χ2v) is 5.00. The molecule has 0 radical (unpaired) electrons. The van der Waals surface area contributed by atoms with E-state index in [0.717, 1.165) is 12.8 Å². The van der Waals surface area contributed by atoms with Crippen molar-refractivity contribution < 1.29 is 19.4 Å². The number of carbonyl (C=O) groups is 2. The van der Waals surface area contributed by atoms with Gasteiger partial charge in [0.25, 0.3) is 5.91 Å². The van der Waals surface area contributed by atoms with Crippen molar-refractivity contribution in [1.29, 1.82) is 0 Å². The summed E-state index contributed by atoms with van der Waals surface area (Å²) in [5.74, 6) is -1.08. The van der Waals surface area contributed by atoms with Crippen molar-refractivity contribution in [2.45, 2.75) is 37.9 Å². The normalized spacial score (nSPS) is 29.5. The number of rotatable bonds is 3. The Morgan fingerprint density at radius 3 is 2.39 bits per heavy atom. The number of piperidine rings is 1. The lowest BCUT2D eigenvalue weighted by Gasteiger charge is -2.31. The van der Waals surface area contributed by atoms with Crippen LogP contribution in [-0.4, -0.2) is 53.7 Å². The molecule has 0 aromatic rings. The maximum absolute atomic E-state index is 12.2. The van der Waals surface area contributed by atoms with E-state index in [-0.39, 0.29) is 24.0 Å². The lowest BCUT2D eigenvalue weighted by atomic mass is 9.96. The Labute approximate surface area is 106 Å². The van der Waals surface area contributed by atoms with Gasteiger partial charge in [0.2, 0.25) is 0 Å². The molecule has 0 aromatic heterocycles. The van der Waals surface area contributed by atoms with Gasteiger partial charge in [-0.25, -0.2) is 0 Å². The van der Waals surface area contributed by atoms with Gasteiger partial charge in [-0.1, -0.05) is 0 Å². The molecule has 0 saturated carbocycles. The summed E-state index contributed by atoms with van der Waals surface area (Å²) in [7, 11) is 0. The van der Waals surface area contributed by atoms with Gasteiger partial charge in [-0.05, 0) is 25.7 Å². The number of nitrogens with zero attached hydrogens (tertiary/aromatic N) is 1. The van der Waals surface area contributed by atoms with Crippen molar-refractivity contribution in [3.05, 3.63) is 0 Å². The molecule has 2 rings (SSSR count). The Hall–Kier alpha value is -1.14. The lowest BCUT2D eigenvalue weighted by Crippen LogP contribution is -2.45. The molecule has 2 heterocycles. The SMILES string of the molecule is NCC1CCC(C(=O)N2CCC(C(=O)O)CC2)O1. The van der Waals surface area contributed by atoms with E-state index in [4.69, 9.17) is 15.6 Å². The Morgan fingerprint density at radius 1 is 1.22 bits per heavy atom. The zero-order valence-electron chi connectivity index (χ0n) is 10.4. The van der Waals surface area contributed by atoms with Crippen LogP contribution in [0.5, 0.6) is 0 Å². The maximum Gasteiger partial charge on any atom is 0.306 e. The summed E-state index contributed by atoms with van der Waals surface area (Å²) in [5.41, 5.74) is 5.51. The van der Waals surface area contributed by atoms with Gasteiger partial charge < -0.3 is 20.5 Å². The summed E-state index contributed by atoms with van der Waals surface area (Å²) >= 11 is 0. The number of carboxylic acid groups (broad SMARTS) is 1. The summed E-state index contributed by atoms with van der Waals surface area (Å²) < 4.78 is 5.57. The van der Waals surface area contributed by atoms with Gasteiger partial charge in [0.15, 0.2) is 0 Å². The van der Waals surface area contributed by atoms with E-state index in [1.807, 2.05) is 0 Å². The quantitative estimate of drug-likeness (QED) is 0.730. The molecule has 2 fully saturated rings. The van der Waals surface area contributed by atoms with E-state index in [9.17, 15) is 9.59 Å². The van der Waals surface area contributed by atoms with Crippen LogP contribution in [0.1, 0.15) is 25.7 Å². The standard InChI is InChI=1S/C12H20N2O4/c13-7-9-1-2-10(18-9)11(15)14-5-3-8(4-6-14)12(16)17/h8-10H,1-7,13H2,(H,16,17). The van der Waals surface area contributed by atoms with Crippen molar-refractivity contribution in [1.82, 2.24) is 4.90 Å². The highest BCUT2D eigenvalue weighted by Crippen LogP contribution is 2.24. The first-order valence-electron chi connectivity index (χ1n) is 6.49. The second kappa shape index (κ2) is 5.67. The first-order valence-corrected chi connectivity index (χ1v) is 6.49. The Kier molecular flexibility index (Phi) is 4.19.